The molecule has 0 aliphatic carbocycles. The first-order valence-corrected chi connectivity index (χ1v) is 7.91. The summed E-state index contributed by atoms with van der Waals surface area (Å²) in [5.74, 6) is 0. The highest BCUT2D eigenvalue weighted by atomic mass is 15.0. The Labute approximate surface area is 133 Å². The van der Waals surface area contributed by atoms with Crippen molar-refractivity contribution in [2.75, 3.05) is 6.54 Å². The first-order chi connectivity index (χ1) is 9.57. The van der Waals surface area contributed by atoms with Gasteiger partial charge < -0.3 is 16.0 Å². The second-order valence-corrected chi connectivity index (χ2v) is 6.44. The lowest BCUT2D eigenvalue weighted by Crippen LogP contribution is -2.32. The molecule has 0 heterocycles. The molecule has 3 N–H and O–H groups in total. The maximum absolute atomic E-state index is 6.87. The molecule has 0 spiro atoms. The highest BCUT2D eigenvalue weighted by molar-refractivity contribution is 5.52. The minimum atomic E-state index is 0.201. The number of unbranched alkanes of at least 4 members (excludes halogenated alkanes) is 1. The van der Waals surface area contributed by atoms with E-state index >= 15 is 0 Å². The third-order valence-corrected chi connectivity index (χ3v) is 1.86. The van der Waals surface area contributed by atoms with Crippen LogP contribution in [0.1, 0.15) is 68.2 Å². The van der Waals surface area contributed by atoms with Gasteiger partial charge in [-0.2, -0.15) is 0 Å². The Morgan fingerprint density at radius 2 is 1.62 bits per heavy atom. The molecule has 3 nitrogen and oxygen atoms in total. The van der Waals surface area contributed by atoms with Gasteiger partial charge in [0.2, 0.25) is 0 Å². The highest BCUT2D eigenvalue weighted by Crippen LogP contribution is 2.08. The van der Waals surface area contributed by atoms with Gasteiger partial charge in [-0.05, 0) is 38.3 Å². The number of nitrogens with one attached hydrogen (secondary N) is 3. The van der Waals surface area contributed by atoms with Crippen LogP contribution < -0.4 is 10.6 Å². The van der Waals surface area contributed by atoms with Gasteiger partial charge in [-0.3, -0.25) is 0 Å². The Kier molecular flexibility index (Phi) is 17.8. The Bertz CT molecular complexity index is 269. The maximum atomic E-state index is 6.87. The molecule has 21 heavy (non-hydrogen) atoms. The lowest BCUT2D eigenvalue weighted by molar-refractivity contribution is 0.469. The zero-order chi connectivity index (χ0) is 17.5. The summed E-state index contributed by atoms with van der Waals surface area (Å²) in [7, 11) is 0. The minimum Gasteiger partial charge on any atom is -0.387 e. The quantitative estimate of drug-likeness (QED) is 0.430. The van der Waals surface area contributed by atoms with E-state index in [1.165, 1.54) is 6.21 Å². The highest BCUT2D eigenvalue weighted by Gasteiger charge is 2.03. The van der Waals surface area contributed by atoms with Gasteiger partial charge in [0.25, 0.3) is 0 Å². The molecule has 0 amide bonds. The number of hydrogen-bond acceptors (Lipinski definition) is 3. The lowest BCUT2D eigenvalue weighted by Gasteiger charge is -2.19. The summed E-state index contributed by atoms with van der Waals surface area (Å²) in [4.78, 5) is 0. The van der Waals surface area contributed by atoms with E-state index in [0.29, 0.717) is 5.41 Å². The van der Waals surface area contributed by atoms with Gasteiger partial charge >= 0.3 is 0 Å². The van der Waals surface area contributed by atoms with E-state index in [9.17, 15) is 0 Å². The zero-order valence-corrected chi connectivity index (χ0v) is 15.7. The minimum absolute atomic E-state index is 0.201. The van der Waals surface area contributed by atoms with E-state index in [0.717, 1.165) is 30.8 Å². The van der Waals surface area contributed by atoms with E-state index in [4.69, 9.17) is 5.41 Å². The molecule has 0 aliphatic rings. The van der Waals surface area contributed by atoms with Crippen LogP contribution in [0.25, 0.3) is 0 Å². The molecule has 0 aromatic heterocycles. The summed E-state index contributed by atoms with van der Waals surface area (Å²) in [6.07, 6.45) is 3.23. The molecule has 126 valence electrons. The Balaban J connectivity index is -0.000000389. The van der Waals surface area contributed by atoms with E-state index in [2.05, 4.69) is 51.5 Å². The molecular formula is C18H39N3. The van der Waals surface area contributed by atoms with Crippen LogP contribution in [0.4, 0.5) is 0 Å². The Morgan fingerprint density at radius 1 is 1.19 bits per heavy atom. The first-order valence-electron chi connectivity index (χ1n) is 7.91. The van der Waals surface area contributed by atoms with Crippen LogP contribution in [-0.2, 0) is 0 Å². The average molecular weight is 298 g/mol. The van der Waals surface area contributed by atoms with Gasteiger partial charge in [0.15, 0.2) is 0 Å². The van der Waals surface area contributed by atoms with Gasteiger partial charge in [0.05, 0.1) is 6.04 Å². The summed E-state index contributed by atoms with van der Waals surface area (Å²) in [6.45, 7) is 25.3. The molecule has 0 bridgehead atoms. The molecule has 0 saturated carbocycles. The summed E-state index contributed by atoms with van der Waals surface area (Å²) in [6, 6.07) is 0.201. The normalized spacial score (nSPS) is 10.9. The fourth-order valence-electron chi connectivity index (χ4n) is 1.06. The fourth-order valence-corrected chi connectivity index (χ4v) is 1.06. The van der Waals surface area contributed by atoms with Gasteiger partial charge in [-0.15, -0.1) is 0 Å². The molecule has 0 aliphatic heterocycles. The Hall–Kier alpha value is -1.25. The van der Waals surface area contributed by atoms with Crippen molar-refractivity contribution < 1.29 is 0 Å². The molecule has 0 rings (SSSR count). The van der Waals surface area contributed by atoms with Crippen LogP contribution in [0.3, 0.4) is 0 Å². The van der Waals surface area contributed by atoms with Crippen molar-refractivity contribution in [2.24, 2.45) is 5.41 Å². The lowest BCUT2D eigenvalue weighted by atomic mass is 10.0. The van der Waals surface area contributed by atoms with E-state index < -0.39 is 0 Å². The van der Waals surface area contributed by atoms with Crippen molar-refractivity contribution >= 4 is 6.21 Å². The second kappa shape index (κ2) is 15.1. The van der Waals surface area contributed by atoms with Crippen molar-refractivity contribution in [2.45, 2.75) is 74.3 Å². The summed E-state index contributed by atoms with van der Waals surface area (Å²) in [5, 5.41) is 13.3. The molecule has 0 saturated heterocycles. The summed E-state index contributed by atoms with van der Waals surface area (Å²) < 4.78 is 0. The van der Waals surface area contributed by atoms with Crippen molar-refractivity contribution in [3.63, 3.8) is 0 Å². The monoisotopic (exact) mass is 297 g/mol. The van der Waals surface area contributed by atoms with Crippen LogP contribution in [0, 0.1) is 10.8 Å². The molecule has 0 aromatic rings. The van der Waals surface area contributed by atoms with E-state index in [-0.39, 0.29) is 6.04 Å². The van der Waals surface area contributed by atoms with Crippen molar-refractivity contribution in [3.05, 3.63) is 24.6 Å². The van der Waals surface area contributed by atoms with Crippen molar-refractivity contribution in [3.8, 4) is 0 Å². The molecule has 1 unspecified atom stereocenters. The van der Waals surface area contributed by atoms with Crippen molar-refractivity contribution in [1.29, 1.82) is 5.41 Å². The second-order valence-electron chi connectivity index (χ2n) is 6.44. The predicted octanol–water partition coefficient (Wildman–Crippen LogP) is 5.11. The van der Waals surface area contributed by atoms with E-state index in [1.807, 2.05) is 27.7 Å². The van der Waals surface area contributed by atoms with Crippen LogP contribution in [0.15, 0.2) is 24.6 Å². The maximum Gasteiger partial charge on any atom is 0.0622 e. The van der Waals surface area contributed by atoms with Crippen LogP contribution >= 0.6 is 0 Å². The third-order valence-electron chi connectivity index (χ3n) is 1.86. The number of allylic oxidation sites excluding steroid dienone is 1. The van der Waals surface area contributed by atoms with Gasteiger partial charge in [-0.25, -0.2) is 0 Å². The first kappa shape index (κ1) is 24.7. The molecule has 0 radical (unpaired) electrons. The smallest absolute Gasteiger partial charge is 0.0622 e. The standard InChI is InChI=1S/C11H21N3.C5H12.C2H6/c1-9(2)14-11(4)10(3)13-8-6-5-7-12;1-5(2,3)4;1-2/h7,11-14H,1,3,5-6,8H2,2,4H3;1-4H3;1-2H3. The van der Waals surface area contributed by atoms with Gasteiger partial charge in [0, 0.05) is 17.9 Å². The topological polar surface area (TPSA) is 47.9 Å². The number of hydrogen-bond donors (Lipinski definition) is 3. The predicted molar refractivity (Wildman–Crippen MR) is 99.0 cm³/mol. The van der Waals surface area contributed by atoms with Crippen LogP contribution in [-0.4, -0.2) is 18.8 Å². The zero-order valence-electron chi connectivity index (χ0n) is 15.7. The van der Waals surface area contributed by atoms with Gasteiger partial charge in [-0.1, -0.05) is 54.7 Å². The van der Waals surface area contributed by atoms with Crippen LogP contribution in [0.2, 0.25) is 0 Å². The third kappa shape index (κ3) is 32.4. The van der Waals surface area contributed by atoms with Crippen molar-refractivity contribution in [1.82, 2.24) is 10.6 Å². The average Bonchev–Trinajstić information content (AvgIpc) is 2.34. The van der Waals surface area contributed by atoms with Gasteiger partial charge in [0.1, 0.15) is 0 Å². The van der Waals surface area contributed by atoms with Crippen LogP contribution in [0.5, 0.6) is 0 Å². The number of rotatable bonds is 8. The summed E-state index contributed by atoms with van der Waals surface area (Å²) >= 11 is 0. The summed E-state index contributed by atoms with van der Waals surface area (Å²) in [5.41, 5.74) is 2.41. The fraction of sp³-hybridized carbons (Fsp3) is 0.722. The Morgan fingerprint density at radius 3 is 1.95 bits per heavy atom. The largest absolute Gasteiger partial charge is 0.387 e. The van der Waals surface area contributed by atoms with E-state index in [1.54, 1.807) is 0 Å². The molecule has 3 heteroatoms. The molecule has 0 aromatic carbocycles. The molecule has 1 atom stereocenters. The SMILES string of the molecule is C=C(C)NC(C)C(=C)NCCCC=N.CC.CC(C)(C)C. The molecule has 0 fully saturated rings. The molecular weight excluding hydrogens is 258 g/mol.